The lowest BCUT2D eigenvalue weighted by Crippen LogP contribution is -2.40. The van der Waals surface area contributed by atoms with Crippen LogP contribution in [0.15, 0.2) is 0 Å². The second kappa shape index (κ2) is 4.60. The second-order valence-electron chi connectivity index (χ2n) is 5.54. The van der Waals surface area contributed by atoms with Crippen molar-refractivity contribution in [1.82, 2.24) is 5.32 Å². The molecule has 98 valence electrons. The Balaban J connectivity index is 1.77. The molecule has 0 radical (unpaired) electrons. The Morgan fingerprint density at radius 3 is 2.47 bits per heavy atom. The molecule has 3 nitrogen and oxygen atoms in total. The van der Waals surface area contributed by atoms with Gasteiger partial charge in [0, 0.05) is 6.54 Å². The van der Waals surface area contributed by atoms with Crippen molar-refractivity contribution in [3.63, 3.8) is 0 Å². The zero-order valence-corrected chi connectivity index (χ0v) is 11.5. The van der Waals surface area contributed by atoms with E-state index >= 15 is 0 Å². The van der Waals surface area contributed by atoms with E-state index in [1.165, 1.54) is 12.8 Å². The predicted octanol–water partition coefficient (Wildman–Crippen LogP) is 2.24. The summed E-state index contributed by atoms with van der Waals surface area (Å²) in [6.45, 7) is 2.06. The van der Waals surface area contributed by atoms with Crippen LogP contribution in [-0.4, -0.2) is 28.0 Å². The van der Waals surface area contributed by atoms with Gasteiger partial charge < -0.3 is 10.4 Å². The Morgan fingerprint density at radius 1 is 1.47 bits per heavy atom. The standard InChI is InChI=1S/C12H19Cl2NO2/c1-11(7-12(11,13)14)10(17)15-6-9(16)8-4-2-3-5-8/h8-9,16H,2-7H2,1H3,(H,15,17). The molecule has 2 rings (SSSR count). The van der Waals surface area contributed by atoms with Gasteiger partial charge in [0.2, 0.25) is 5.91 Å². The zero-order chi connectivity index (χ0) is 12.7. The first-order valence-corrected chi connectivity index (χ1v) is 6.96. The molecular weight excluding hydrogens is 261 g/mol. The summed E-state index contributed by atoms with van der Waals surface area (Å²) in [5.74, 6) is 0.179. The van der Waals surface area contributed by atoms with Crippen LogP contribution >= 0.6 is 23.2 Å². The van der Waals surface area contributed by atoms with Crippen molar-refractivity contribution in [2.75, 3.05) is 6.54 Å². The average molecular weight is 280 g/mol. The highest BCUT2D eigenvalue weighted by atomic mass is 35.5. The molecule has 0 aliphatic heterocycles. The predicted molar refractivity (Wildman–Crippen MR) is 68.1 cm³/mol. The van der Waals surface area contributed by atoms with Gasteiger partial charge in [-0.1, -0.05) is 12.8 Å². The largest absolute Gasteiger partial charge is 0.391 e. The first-order chi connectivity index (χ1) is 7.87. The highest BCUT2D eigenvalue weighted by Gasteiger charge is 2.67. The summed E-state index contributed by atoms with van der Waals surface area (Å²) in [5.41, 5.74) is -0.689. The summed E-state index contributed by atoms with van der Waals surface area (Å²) in [5, 5.41) is 12.7. The van der Waals surface area contributed by atoms with Gasteiger partial charge in [-0.25, -0.2) is 0 Å². The number of amides is 1. The number of rotatable bonds is 4. The third-order valence-electron chi connectivity index (χ3n) is 4.17. The Morgan fingerprint density at radius 2 is 2.00 bits per heavy atom. The lowest BCUT2D eigenvalue weighted by atomic mass is 10.0. The molecule has 2 fully saturated rings. The van der Waals surface area contributed by atoms with Gasteiger partial charge in [-0.05, 0) is 32.1 Å². The summed E-state index contributed by atoms with van der Waals surface area (Å²) in [4.78, 5) is 11.9. The van der Waals surface area contributed by atoms with Crippen LogP contribution in [0.5, 0.6) is 0 Å². The SMILES string of the molecule is CC1(C(=O)NCC(O)C2CCCC2)CC1(Cl)Cl. The number of carbonyl (C=O) groups excluding carboxylic acids is 1. The van der Waals surface area contributed by atoms with E-state index in [4.69, 9.17) is 23.2 Å². The van der Waals surface area contributed by atoms with Gasteiger partial charge in [-0.2, -0.15) is 0 Å². The molecule has 2 saturated carbocycles. The van der Waals surface area contributed by atoms with E-state index in [1.54, 1.807) is 6.92 Å². The quantitative estimate of drug-likeness (QED) is 0.776. The van der Waals surface area contributed by atoms with E-state index < -0.39 is 15.9 Å². The molecule has 2 aliphatic carbocycles. The molecule has 0 spiro atoms. The van der Waals surface area contributed by atoms with E-state index in [-0.39, 0.29) is 5.91 Å². The van der Waals surface area contributed by atoms with Gasteiger partial charge in [0.25, 0.3) is 0 Å². The van der Waals surface area contributed by atoms with E-state index in [1.807, 2.05) is 0 Å². The fraction of sp³-hybridized carbons (Fsp3) is 0.917. The van der Waals surface area contributed by atoms with E-state index in [2.05, 4.69) is 5.32 Å². The molecule has 17 heavy (non-hydrogen) atoms. The molecule has 0 heterocycles. The number of alkyl halides is 2. The molecule has 2 aliphatic rings. The highest BCUT2D eigenvalue weighted by Crippen LogP contribution is 2.63. The van der Waals surface area contributed by atoms with Crippen molar-refractivity contribution in [3.05, 3.63) is 0 Å². The Bertz CT molecular complexity index is 316. The molecule has 1 amide bonds. The number of nitrogens with one attached hydrogen (secondary N) is 1. The van der Waals surface area contributed by atoms with Crippen molar-refractivity contribution in [1.29, 1.82) is 0 Å². The third-order valence-corrected chi connectivity index (χ3v) is 5.28. The van der Waals surface area contributed by atoms with Crippen LogP contribution in [0.2, 0.25) is 0 Å². The van der Waals surface area contributed by atoms with Crippen LogP contribution in [0.25, 0.3) is 0 Å². The smallest absolute Gasteiger partial charge is 0.229 e. The molecular formula is C12H19Cl2NO2. The summed E-state index contributed by atoms with van der Waals surface area (Å²) in [6, 6.07) is 0. The highest BCUT2D eigenvalue weighted by molar-refractivity contribution is 6.53. The van der Waals surface area contributed by atoms with Gasteiger partial charge in [0.05, 0.1) is 11.5 Å². The number of carbonyl (C=O) groups is 1. The summed E-state index contributed by atoms with van der Waals surface area (Å²) in [7, 11) is 0. The fourth-order valence-corrected chi connectivity index (χ4v) is 3.25. The van der Waals surface area contributed by atoms with Crippen LogP contribution in [0.1, 0.15) is 39.0 Å². The maximum absolute atomic E-state index is 11.9. The number of hydrogen-bond acceptors (Lipinski definition) is 2. The number of aliphatic hydroxyl groups excluding tert-OH is 1. The van der Waals surface area contributed by atoms with Crippen molar-refractivity contribution >= 4 is 29.1 Å². The van der Waals surface area contributed by atoms with Crippen molar-refractivity contribution in [3.8, 4) is 0 Å². The molecule has 0 bridgehead atoms. The van der Waals surface area contributed by atoms with Crippen molar-refractivity contribution in [2.24, 2.45) is 11.3 Å². The molecule has 0 aromatic carbocycles. The van der Waals surface area contributed by atoms with Gasteiger partial charge in [-0.15, -0.1) is 23.2 Å². The second-order valence-corrected chi connectivity index (χ2v) is 7.02. The Kier molecular flexibility index (Phi) is 3.64. The minimum absolute atomic E-state index is 0.153. The van der Waals surface area contributed by atoms with Gasteiger partial charge >= 0.3 is 0 Å². The average Bonchev–Trinajstić information content (AvgIpc) is 2.73. The summed E-state index contributed by atoms with van der Waals surface area (Å²) < 4.78 is -0.935. The zero-order valence-electron chi connectivity index (χ0n) is 10.0. The van der Waals surface area contributed by atoms with E-state index in [9.17, 15) is 9.90 Å². The van der Waals surface area contributed by atoms with Crippen LogP contribution in [0, 0.1) is 11.3 Å². The topological polar surface area (TPSA) is 49.3 Å². The number of hydrogen-bond donors (Lipinski definition) is 2. The minimum atomic E-state index is -0.935. The van der Waals surface area contributed by atoms with Crippen LogP contribution in [-0.2, 0) is 4.79 Å². The molecule has 2 N–H and O–H groups in total. The normalized spacial score (nSPS) is 33.4. The Labute approximate surface area is 112 Å². The first-order valence-electron chi connectivity index (χ1n) is 6.21. The molecule has 0 saturated heterocycles. The molecule has 0 aromatic rings. The minimum Gasteiger partial charge on any atom is -0.391 e. The van der Waals surface area contributed by atoms with E-state index in [0.717, 1.165) is 12.8 Å². The van der Waals surface area contributed by atoms with Crippen LogP contribution in [0.3, 0.4) is 0 Å². The van der Waals surface area contributed by atoms with Crippen molar-refractivity contribution < 1.29 is 9.90 Å². The van der Waals surface area contributed by atoms with Gasteiger partial charge in [-0.3, -0.25) is 4.79 Å². The summed E-state index contributed by atoms with van der Waals surface area (Å²) >= 11 is 11.9. The van der Waals surface area contributed by atoms with Crippen LogP contribution < -0.4 is 5.32 Å². The lowest BCUT2D eigenvalue weighted by Gasteiger charge is -2.20. The lowest BCUT2D eigenvalue weighted by molar-refractivity contribution is -0.126. The summed E-state index contributed by atoms with van der Waals surface area (Å²) in [6.07, 6.45) is 4.52. The molecule has 0 aromatic heterocycles. The molecule has 2 atom stereocenters. The van der Waals surface area contributed by atoms with Gasteiger partial charge in [0.1, 0.15) is 4.33 Å². The monoisotopic (exact) mass is 279 g/mol. The molecule has 5 heteroatoms. The van der Waals surface area contributed by atoms with E-state index in [0.29, 0.717) is 18.9 Å². The third kappa shape index (κ3) is 2.56. The Hall–Kier alpha value is 0.01000. The molecule has 2 unspecified atom stereocenters. The first kappa shape index (κ1) is 13.4. The number of halogens is 2. The van der Waals surface area contributed by atoms with Gasteiger partial charge in [0.15, 0.2) is 0 Å². The maximum atomic E-state index is 11.9. The van der Waals surface area contributed by atoms with Crippen LogP contribution in [0.4, 0.5) is 0 Å². The van der Waals surface area contributed by atoms with Crippen molar-refractivity contribution in [2.45, 2.75) is 49.5 Å². The number of aliphatic hydroxyl groups is 1. The fourth-order valence-electron chi connectivity index (χ4n) is 2.55. The maximum Gasteiger partial charge on any atom is 0.229 e.